The summed E-state index contributed by atoms with van der Waals surface area (Å²) in [5.74, 6) is -1.91. The SMILES string of the molecule is C=C(CCCC(C)=O)[C@@H]1C(=O)OC/C(=C\C=C\C(C)(C)OO)[C@@H]1CC(=O)OC. The van der Waals surface area contributed by atoms with Gasteiger partial charge in [-0.3, -0.25) is 14.8 Å². The minimum Gasteiger partial charge on any atom is -0.469 e. The van der Waals surface area contributed by atoms with Gasteiger partial charge in [0.1, 0.15) is 18.0 Å². The van der Waals surface area contributed by atoms with E-state index in [2.05, 4.69) is 11.5 Å². The number of cyclic esters (lactones) is 1. The molecule has 1 N–H and O–H groups in total. The van der Waals surface area contributed by atoms with Crippen LogP contribution >= 0.6 is 0 Å². The summed E-state index contributed by atoms with van der Waals surface area (Å²) in [5.41, 5.74) is 0.497. The first-order valence-corrected chi connectivity index (χ1v) is 9.22. The predicted octanol–water partition coefficient (Wildman–Crippen LogP) is 3.41. The lowest BCUT2D eigenvalue weighted by Gasteiger charge is -2.33. The van der Waals surface area contributed by atoms with Crippen LogP contribution in [0, 0.1) is 11.8 Å². The van der Waals surface area contributed by atoms with Crippen molar-refractivity contribution < 1.29 is 34.0 Å². The molecule has 0 aromatic rings. The summed E-state index contributed by atoms with van der Waals surface area (Å²) >= 11 is 0. The number of hydrogen-bond donors (Lipinski definition) is 1. The van der Waals surface area contributed by atoms with Crippen molar-refractivity contribution in [3.8, 4) is 0 Å². The Morgan fingerprint density at radius 1 is 1.36 bits per heavy atom. The molecule has 28 heavy (non-hydrogen) atoms. The van der Waals surface area contributed by atoms with E-state index < -0.39 is 29.4 Å². The Labute approximate surface area is 166 Å². The molecule has 0 amide bonds. The molecule has 2 atom stereocenters. The number of carbonyl (C=O) groups excluding carboxylic acids is 3. The molecule has 0 aliphatic carbocycles. The van der Waals surface area contributed by atoms with Gasteiger partial charge < -0.3 is 14.3 Å². The van der Waals surface area contributed by atoms with Gasteiger partial charge in [-0.25, -0.2) is 4.89 Å². The molecule has 1 fully saturated rings. The van der Waals surface area contributed by atoms with Gasteiger partial charge in [0.15, 0.2) is 0 Å². The predicted molar refractivity (Wildman–Crippen MR) is 103 cm³/mol. The summed E-state index contributed by atoms with van der Waals surface area (Å²) < 4.78 is 10.1. The van der Waals surface area contributed by atoms with Crippen LogP contribution in [0.5, 0.6) is 0 Å². The van der Waals surface area contributed by atoms with Crippen molar-refractivity contribution in [1.82, 2.24) is 0 Å². The highest BCUT2D eigenvalue weighted by atomic mass is 17.1. The van der Waals surface area contributed by atoms with E-state index in [-0.39, 0.29) is 18.8 Å². The Hall–Kier alpha value is -2.25. The second-order valence-electron chi connectivity index (χ2n) is 7.48. The summed E-state index contributed by atoms with van der Waals surface area (Å²) in [6.07, 6.45) is 6.57. The third kappa shape index (κ3) is 7.40. The minimum absolute atomic E-state index is 0.0154. The van der Waals surface area contributed by atoms with Gasteiger partial charge >= 0.3 is 11.9 Å². The average molecular weight is 394 g/mol. The second-order valence-corrected chi connectivity index (χ2v) is 7.48. The number of allylic oxidation sites excluding steroid dienone is 2. The Morgan fingerprint density at radius 2 is 2.04 bits per heavy atom. The van der Waals surface area contributed by atoms with E-state index in [0.29, 0.717) is 24.8 Å². The topological polar surface area (TPSA) is 99.1 Å². The van der Waals surface area contributed by atoms with Gasteiger partial charge in [-0.15, -0.1) is 0 Å². The Balaban J connectivity index is 3.08. The van der Waals surface area contributed by atoms with Gasteiger partial charge in [-0.1, -0.05) is 30.4 Å². The number of carbonyl (C=O) groups is 3. The molecule has 0 aromatic heterocycles. The van der Waals surface area contributed by atoms with Crippen LogP contribution in [0.1, 0.15) is 46.5 Å². The first kappa shape index (κ1) is 23.8. The normalized spacial score (nSPS) is 21.6. The van der Waals surface area contributed by atoms with Gasteiger partial charge in [0.2, 0.25) is 0 Å². The average Bonchev–Trinajstić information content (AvgIpc) is 2.63. The molecule has 0 saturated carbocycles. The minimum atomic E-state index is -0.879. The Bertz CT molecular complexity index is 658. The van der Waals surface area contributed by atoms with E-state index in [9.17, 15) is 14.4 Å². The first-order chi connectivity index (χ1) is 13.1. The molecular formula is C21H30O7. The van der Waals surface area contributed by atoms with E-state index in [4.69, 9.17) is 14.7 Å². The molecule has 156 valence electrons. The summed E-state index contributed by atoms with van der Waals surface area (Å²) in [6, 6.07) is 0. The molecule has 1 aliphatic heterocycles. The van der Waals surface area contributed by atoms with Crippen LogP contribution in [0.4, 0.5) is 0 Å². The fourth-order valence-electron chi connectivity index (χ4n) is 3.02. The molecule has 0 aromatic carbocycles. The Kier molecular flexibility index (Phi) is 9.28. The Morgan fingerprint density at radius 3 is 2.61 bits per heavy atom. The third-order valence-corrected chi connectivity index (χ3v) is 4.64. The molecule has 1 rings (SSSR count). The molecular weight excluding hydrogens is 364 g/mol. The van der Waals surface area contributed by atoms with Crippen molar-refractivity contribution in [1.29, 1.82) is 0 Å². The van der Waals surface area contributed by atoms with Gasteiger partial charge in [0.25, 0.3) is 0 Å². The van der Waals surface area contributed by atoms with Crippen molar-refractivity contribution in [2.75, 3.05) is 13.7 Å². The van der Waals surface area contributed by atoms with E-state index >= 15 is 0 Å². The lowest BCUT2D eigenvalue weighted by molar-refractivity contribution is -0.297. The smallest absolute Gasteiger partial charge is 0.314 e. The van der Waals surface area contributed by atoms with E-state index in [0.717, 1.165) is 5.57 Å². The van der Waals surface area contributed by atoms with Crippen LogP contribution in [0.2, 0.25) is 0 Å². The number of ketones is 1. The lowest BCUT2D eigenvalue weighted by atomic mass is 9.76. The zero-order chi connectivity index (χ0) is 21.3. The highest BCUT2D eigenvalue weighted by Gasteiger charge is 2.39. The maximum absolute atomic E-state index is 12.4. The molecule has 0 bridgehead atoms. The van der Waals surface area contributed by atoms with Gasteiger partial charge in [0.05, 0.1) is 19.4 Å². The molecule has 1 aliphatic rings. The van der Waals surface area contributed by atoms with Gasteiger partial charge in [-0.05, 0) is 39.2 Å². The van der Waals surface area contributed by atoms with Crippen LogP contribution in [0.25, 0.3) is 0 Å². The zero-order valence-corrected chi connectivity index (χ0v) is 17.0. The first-order valence-electron chi connectivity index (χ1n) is 9.22. The second kappa shape index (κ2) is 10.9. The standard InChI is InChI=1S/C21H30O7/c1-14(8-6-9-15(2)22)19-17(12-18(23)26-5)16(13-27-20(19)24)10-7-11-21(3,4)28-25/h7,10-11,17,19,25H,1,6,8-9,12-13H2,2-5H3/b11-7+,16-10+/t17-,19-/m0/s1. The summed E-state index contributed by atoms with van der Waals surface area (Å²) in [7, 11) is 1.30. The van der Waals surface area contributed by atoms with Crippen molar-refractivity contribution in [3.63, 3.8) is 0 Å². The number of methoxy groups -OCH3 is 1. The number of hydrogen-bond acceptors (Lipinski definition) is 7. The summed E-state index contributed by atoms with van der Waals surface area (Å²) in [4.78, 5) is 39.9. The van der Waals surface area contributed by atoms with E-state index in [1.54, 1.807) is 32.1 Å². The van der Waals surface area contributed by atoms with Crippen LogP contribution in [0.3, 0.4) is 0 Å². The van der Waals surface area contributed by atoms with Crippen LogP contribution in [0.15, 0.2) is 36.0 Å². The maximum atomic E-state index is 12.4. The quantitative estimate of drug-likeness (QED) is 0.262. The largest absolute Gasteiger partial charge is 0.469 e. The van der Waals surface area contributed by atoms with E-state index in [1.807, 2.05) is 0 Å². The number of esters is 2. The van der Waals surface area contributed by atoms with Gasteiger partial charge in [0, 0.05) is 12.3 Å². The van der Waals surface area contributed by atoms with Crippen molar-refractivity contribution in [2.45, 2.75) is 52.1 Å². The maximum Gasteiger partial charge on any atom is 0.314 e. The zero-order valence-electron chi connectivity index (χ0n) is 17.0. The number of rotatable bonds is 10. The molecule has 1 saturated heterocycles. The highest BCUT2D eigenvalue weighted by Crippen LogP contribution is 2.37. The third-order valence-electron chi connectivity index (χ3n) is 4.64. The molecule has 7 nitrogen and oxygen atoms in total. The molecule has 0 radical (unpaired) electrons. The van der Waals surface area contributed by atoms with Crippen molar-refractivity contribution >= 4 is 17.7 Å². The van der Waals surface area contributed by atoms with Crippen molar-refractivity contribution in [3.05, 3.63) is 36.0 Å². The molecule has 7 heteroatoms. The lowest BCUT2D eigenvalue weighted by Crippen LogP contribution is -2.37. The summed E-state index contributed by atoms with van der Waals surface area (Å²) in [5, 5.41) is 8.87. The molecule has 1 heterocycles. The molecule has 0 unspecified atom stereocenters. The summed E-state index contributed by atoms with van der Waals surface area (Å²) in [6.45, 7) is 8.94. The monoisotopic (exact) mass is 394 g/mol. The van der Waals surface area contributed by atoms with E-state index in [1.165, 1.54) is 14.0 Å². The van der Waals surface area contributed by atoms with Gasteiger partial charge in [-0.2, -0.15) is 0 Å². The highest BCUT2D eigenvalue weighted by molar-refractivity contribution is 5.80. The number of ether oxygens (including phenoxy) is 2. The van der Waals surface area contributed by atoms with Crippen LogP contribution < -0.4 is 0 Å². The fraction of sp³-hybridized carbons (Fsp3) is 0.571. The van der Waals surface area contributed by atoms with Crippen LogP contribution in [-0.4, -0.2) is 42.3 Å². The van der Waals surface area contributed by atoms with Crippen molar-refractivity contribution in [2.24, 2.45) is 11.8 Å². The fourth-order valence-corrected chi connectivity index (χ4v) is 3.02. The van der Waals surface area contributed by atoms with Crippen LogP contribution in [-0.2, 0) is 28.7 Å². The molecule has 0 spiro atoms. The number of Topliss-reactive ketones (excluding diaryl/α,β-unsaturated/α-hetero) is 1.